The highest BCUT2D eigenvalue weighted by atomic mass is 32.2. The minimum atomic E-state index is 0.384. The van der Waals surface area contributed by atoms with Crippen LogP contribution in [-0.2, 0) is 0 Å². The van der Waals surface area contributed by atoms with Crippen molar-refractivity contribution in [3.63, 3.8) is 0 Å². The van der Waals surface area contributed by atoms with Gasteiger partial charge in [0.25, 0.3) is 0 Å². The summed E-state index contributed by atoms with van der Waals surface area (Å²) >= 11 is 2.09. The van der Waals surface area contributed by atoms with Crippen LogP contribution in [0.15, 0.2) is 4.99 Å². The lowest BCUT2D eigenvalue weighted by Crippen LogP contribution is -2.48. The third-order valence-electron chi connectivity index (χ3n) is 4.76. The van der Waals surface area contributed by atoms with Crippen molar-refractivity contribution < 1.29 is 0 Å². The summed E-state index contributed by atoms with van der Waals surface area (Å²) in [5.41, 5.74) is 0. The monoisotopic (exact) mass is 326 g/mol. The van der Waals surface area contributed by atoms with Crippen LogP contribution in [0.3, 0.4) is 0 Å². The van der Waals surface area contributed by atoms with Crippen molar-refractivity contribution in [1.29, 1.82) is 0 Å². The van der Waals surface area contributed by atoms with Gasteiger partial charge in [-0.25, -0.2) is 0 Å². The molecule has 0 bridgehead atoms. The van der Waals surface area contributed by atoms with E-state index in [1.807, 2.05) is 7.05 Å². The largest absolute Gasteiger partial charge is 0.355 e. The molecule has 0 amide bonds. The maximum atomic E-state index is 4.39. The molecule has 5 heteroatoms. The lowest BCUT2D eigenvalue weighted by atomic mass is 10.1. The fourth-order valence-corrected chi connectivity index (χ4v) is 4.76. The van der Waals surface area contributed by atoms with Crippen LogP contribution >= 0.6 is 11.8 Å². The van der Waals surface area contributed by atoms with E-state index in [2.05, 4.69) is 53.1 Å². The molecule has 0 radical (unpaired) electrons. The van der Waals surface area contributed by atoms with Gasteiger partial charge < -0.3 is 10.6 Å². The van der Waals surface area contributed by atoms with Crippen LogP contribution in [0.5, 0.6) is 0 Å². The fraction of sp³-hybridized carbons (Fsp3) is 0.941. The van der Waals surface area contributed by atoms with E-state index in [0.717, 1.165) is 25.0 Å². The number of hydrogen-bond donors (Lipinski definition) is 2. The minimum absolute atomic E-state index is 0.384. The summed E-state index contributed by atoms with van der Waals surface area (Å²) in [6, 6.07) is 0.664. The van der Waals surface area contributed by atoms with Crippen molar-refractivity contribution in [1.82, 2.24) is 15.5 Å². The van der Waals surface area contributed by atoms with Crippen molar-refractivity contribution in [2.45, 2.75) is 57.2 Å². The molecule has 0 aromatic carbocycles. The number of nitrogens with zero attached hydrogens (tertiary/aromatic N) is 2. The van der Waals surface area contributed by atoms with Gasteiger partial charge in [-0.1, -0.05) is 13.8 Å². The molecule has 2 N–H and O–H groups in total. The third kappa shape index (κ3) is 5.34. The predicted octanol–water partition coefficient (Wildman–Crippen LogP) is 2.56. The molecule has 2 atom stereocenters. The zero-order valence-corrected chi connectivity index (χ0v) is 15.6. The van der Waals surface area contributed by atoms with Crippen molar-refractivity contribution in [3.05, 3.63) is 0 Å². The molecule has 4 nitrogen and oxygen atoms in total. The Balaban J connectivity index is 1.73. The van der Waals surface area contributed by atoms with Gasteiger partial charge in [0.05, 0.1) is 0 Å². The van der Waals surface area contributed by atoms with Crippen LogP contribution < -0.4 is 10.6 Å². The molecular weight excluding hydrogens is 292 g/mol. The molecular formula is C17H34N4S. The lowest BCUT2D eigenvalue weighted by molar-refractivity contribution is 0.226. The number of hydrogen-bond acceptors (Lipinski definition) is 3. The van der Waals surface area contributed by atoms with E-state index in [1.54, 1.807) is 0 Å². The van der Waals surface area contributed by atoms with Gasteiger partial charge in [0, 0.05) is 37.5 Å². The molecule has 2 saturated heterocycles. The Morgan fingerprint density at radius 3 is 2.82 bits per heavy atom. The predicted molar refractivity (Wildman–Crippen MR) is 98.9 cm³/mol. The van der Waals surface area contributed by atoms with Gasteiger partial charge >= 0.3 is 0 Å². The van der Waals surface area contributed by atoms with Crippen molar-refractivity contribution >= 4 is 17.7 Å². The maximum absolute atomic E-state index is 4.39. The lowest BCUT2D eigenvalue weighted by Gasteiger charge is -2.28. The number of rotatable bonds is 6. The van der Waals surface area contributed by atoms with Crippen LogP contribution in [0.2, 0.25) is 0 Å². The van der Waals surface area contributed by atoms with E-state index in [4.69, 9.17) is 0 Å². The van der Waals surface area contributed by atoms with Gasteiger partial charge in [0.1, 0.15) is 0 Å². The van der Waals surface area contributed by atoms with Crippen molar-refractivity contribution in [2.24, 2.45) is 10.9 Å². The van der Waals surface area contributed by atoms with Gasteiger partial charge in [-0.15, -0.1) is 0 Å². The quantitative estimate of drug-likeness (QED) is 0.581. The number of likely N-dealkylation sites (tertiary alicyclic amines) is 1. The SMILES string of the molecule is CN=C(NC[C@H]1CCCN1CC(C)C)NCC1(C)CCCS1. The first-order chi connectivity index (χ1) is 10.5. The Bertz CT molecular complexity index is 364. The second-order valence-electron chi connectivity index (χ2n) is 7.39. The molecule has 2 heterocycles. The molecule has 2 rings (SSSR count). The Hall–Kier alpha value is -0.420. The van der Waals surface area contributed by atoms with Crippen molar-refractivity contribution in [2.75, 3.05) is 39.0 Å². The summed E-state index contributed by atoms with van der Waals surface area (Å²) < 4.78 is 0.384. The standard InChI is InChI=1S/C17H34N4S/c1-14(2)12-21-9-5-7-15(21)11-19-16(18-4)20-13-17(3)8-6-10-22-17/h14-15H,5-13H2,1-4H3,(H2,18,19,20)/t15-,17?/m1/s1. The summed E-state index contributed by atoms with van der Waals surface area (Å²) in [4.78, 5) is 7.03. The van der Waals surface area contributed by atoms with Gasteiger partial charge in [-0.2, -0.15) is 11.8 Å². The van der Waals surface area contributed by atoms with Gasteiger partial charge in [0.15, 0.2) is 5.96 Å². The molecule has 0 aromatic rings. The summed E-state index contributed by atoms with van der Waals surface area (Å²) in [6.07, 6.45) is 5.30. The van der Waals surface area contributed by atoms with Crippen LogP contribution in [0.4, 0.5) is 0 Å². The average Bonchev–Trinajstić information content (AvgIpc) is 3.08. The van der Waals surface area contributed by atoms with Crippen LogP contribution in [0.1, 0.15) is 46.5 Å². The molecule has 0 saturated carbocycles. The molecule has 22 heavy (non-hydrogen) atoms. The molecule has 2 aliphatic heterocycles. The zero-order valence-electron chi connectivity index (χ0n) is 14.8. The Labute approximate surface area is 140 Å². The van der Waals surface area contributed by atoms with E-state index >= 15 is 0 Å². The molecule has 2 fully saturated rings. The highest BCUT2D eigenvalue weighted by Gasteiger charge is 2.29. The van der Waals surface area contributed by atoms with E-state index in [0.29, 0.717) is 10.8 Å². The normalized spacial score (nSPS) is 30.2. The van der Waals surface area contributed by atoms with Gasteiger partial charge in [0.2, 0.25) is 0 Å². The number of guanidine groups is 1. The van der Waals surface area contributed by atoms with E-state index < -0.39 is 0 Å². The molecule has 128 valence electrons. The van der Waals surface area contributed by atoms with Gasteiger partial charge in [-0.3, -0.25) is 9.89 Å². The summed E-state index contributed by atoms with van der Waals surface area (Å²) in [7, 11) is 1.87. The first kappa shape index (κ1) is 17.9. The highest BCUT2D eigenvalue weighted by molar-refractivity contribution is 8.00. The Morgan fingerprint density at radius 2 is 2.18 bits per heavy atom. The molecule has 0 spiro atoms. The third-order valence-corrected chi connectivity index (χ3v) is 6.30. The van der Waals surface area contributed by atoms with Gasteiger partial charge in [-0.05, 0) is 50.8 Å². The number of aliphatic imine (C=N–C) groups is 1. The average molecular weight is 327 g/mol. The highest BCUT2D eigenvalue weighted by Crippen LogP contribution is 2.36. The zero-order chi connectivity index (χ0) is 16.0. The first-order valence-electron chi connectivity index (χ1n) is 8.85. The first-order valence-corrected chi connectivity index (χ1v) is 9.83. The van der Waals surface area contributed by atoms with Crippen LogP contribution in [-0.4, -0.2) is 60.6 Å². The van der Waals surface area contributed by atoms with Crippen LogP contribution in [0.25, 0.3) is 0 Å². The topological polar surface area (TPSA) is 39.7 Å². The smallest absolute Gasteiger partial charge is 0.191 e. The second-order valence-corrected chi connectivity index (χ2v) is 9.08. The Kier molecular flexibility index (Phi) is 6.87. The van der Waals surface area contributed by atoms with Crippen molar-refractivity contribution in [3.8, 4) is 0 Å². The summed E-state index contributed by atoms with van der Waals surface area (Å²) in [6.45, 7) is 11.5. The van der Waals surface area contributed by atoms with Crippen LogP contribution in [0, 0.1) is 5.92 Å². The Morgan fingerprint density at radius 1 is 1.36 bits per heavy atom. The summed E-state index contributed by atoms with van der Waals surface area (Å²) in [5.74, 6) is 3.01. The van der Waals surface area contributed by atoms with E-state index in [1.165, 1.54) is 44.5 Å². The van der Waals surface area contributed by atoms with E-state index in [-0.39, 0.29) is 0 Å². The minimum Gasteiger partial charge on any atom is -0.355 e. The summed E-state index contributed by atoms with van der Waals surface area (Å²) in [5, 5.41) is 7.07. The molecule has 0 aromatic heterocycles. The van der Waals surface area contributed by atoms with E-state index in [9.17, 15) is 0 Å². The fourth-order valence-electron chi connectivity index (χ4n) is 3.52. The molecule has 2 aliphatic rings. The maximum Gasteiger partial charge on any atom is 0.191 e. The molecule has 0 aliphatic carbocycles. The number of nitrogens with one attached hydrogen (secondary N) is 2. The molecule has 1 unspecified atom stereocenters. The number of thioether (sulfide) groups is 1. The second kappa shape index (κ2) is 8.44.